The van der Waals surface area contributed by atoms with Crippen molar-refractivity contribution < 1.29 is 6.85 Å². The minimum Gasteiger partial charge on any atom is -0.311 e. The van der Waals surface area contributed by atoms with Gasteiger partial charge in [-0.15, -0.1) is 11.3 Å². The molecule has 0 unspecified atom stereocenters. The van der Waals surface area contributed by atoms with Crippen molar-refractivity contribution in [2.24, 2.45) is 0 Å². The maximum atomic E-state index is 9.43. The highest BCUT2D eigenvalue weighted by atomic mass is 32.1. The van der Waals surface area contributed by atoms with E-state index in [2.05, 4.69) is 325 Å². The zero-order valence-corrected chi connectivity index (χ0v) is 55.9. The summed E-state index contributed by atoms with van der Waals surface area (Å²) in [4.78, 5) is 5.03. The predicted molar refractivity (Wildman–Crippen MR) is 411 cm³/mol. The van der Waals surface area contributed by atoms with Crippen molar-refractivity contribution in [3.05, 3.63) is 302 Å². The minimum absolute atomic E-state index is 0.120. The van der Waals surface area contributed by atoms with E-state index in [0.29, 0.717) is 5.56 Å². The number of para-hydroxylation sites is 2. The van der Waals surface area contributed by atoms with Crippen molar-refractivity contribution in [1.82, 2.24) is 4.57 Å². The largest absolute Gasteiger partial charge is 0.311 e. The van der Waals surface area contributed by atoms with Gasteiger partial charge in [-0.1, -0.05) is 275 Å². The zero-order valence-electron chi connectivity index (χ0n) is 60.1. The van der Waals surface area contributed by atoms with Crippen LogP contribution in [0.2, 0.25) is 0 Å². The fourth-order valence-electron chi connectivity index (χ4n) is 14.9. The Hall–Kier alpha value is -10.5. The van der Waals surface area contributed by atoms with E-state index >= 15 is 0 Å². The van der Waals surface area contributed by atoms with Crippen molar-refractivity contribution in [2.75, 3.05) is 9.80 Å². The van der Waals surface area contributed by atoms with Crippen LogP contribution in [0.4, 0.5) is 34.1 Å². The van der Waals surface area contributed by atoms with E-state index in [0.717, 1.165) is 101 Å². The van der Waals surface area contributed by atoms with Gasteiger partial charge in [0.05, 0.1) is 34.0 Å². The normalized spacial score (nSPS) is 13.8. The molecule has 0 spiro atoms. The quantitative estimate of drug-likeness (QED) is 0.141. The average molecular weight is 1250 g/mol. The maximum Gasteiger partial charge on any atom is 0.252 e. The van der Waals surface area contributed by atoms with Crippen LogP contribution in [0.25, 0.3) is 103 Å². The molecular weight excluding hydrogens is 1170 g/mol. The van der Waals surface area contributed by atoms with Gasteiger partial charge in [-0.25, -0.2) is 0 Å². The summed E-state index contributed by atoms with van der Waals surface area (Å²) in [5.41, 5.74) is 25.5. The first kappa shape index (κ1) is 53.0. The molecule has 5 heteroatoms. The molecule has 2 aliphatic rings. The Labute approximate surface area is 570 Å². The molecule has 0 N–H and O–H groups in total. The third-order valence-electron chi connectivity index (χ3n) is 19.9. The molecule has 0 saturated heterocycles. The van der Waals surface area contributed by atoms with Gasteiger partial charge >= 0.3 is 0 Å². The summed E-state index contributed by atoms with van der Waals surface area (Å²) >= 11 is 1.87. The van der Waals surface area contributed by atoms with Gasteiger partial charge in [-0.2, -0.15) is 0 Å². The van der Waals surface area contributed by atoms with Crippen LogP contribution in [-0.4, -0.2) is 11.3 Å². The Morgan fingerprint density at radius 3 is 1.48 bits per heavy atom. The smallest absolute Gasteiger partial charge is 0.252 e. The summed E-state index contributed by atoms with van der Waals surface area (Å²) in [5.74, 6) is 0. The van der Waals surface area contributed by atoms with Gasteiger partial charge in [0.1, 0.15) is 0 Å². The van der Waals surface area contributed by atoms with Gasteiger partial charge in [0.2, 0.25) is 0 Å². The van der Waals surface area contributed by atoms with Crippen LogP contribution in [0.3, 0.4) is 0 Å². The number of thiophene rings is 1. The third-order valence-corrected chi connectivity index (χ3v) is 21.2. The number of nitrogens with zero attached hydrogens (tertiary/aromatic N) is 3. The highest BCUT2D eigenvalue weighted by Crippen LogP contribution is 2.53. The Morgan fingerprint density at radius 1 is 0.316 bits per heavy atom. The lowest BCUT2D eigenvalue weighted by Crippen LogP contribution is -2.61. The van der Waals surface area contributed by atoms with Crippen LogP contribution in [0.1, 0.15) is 85.9 Å². The monoisotopic (exact) mass is 1240 g/mol. The summed E-state index contributed by atoms with van der Waals surface area (Å²) in [5, 5.41) is 4.82. The van der Waals surface area contributed by atoms with E-state index in [1.54, 1.807) is 0 Å². The van der Waals surface area contributed by atoms with Crippen LogP contribution >= 0.6 is 11.3 Å². The van der Waals surface area contributed by atoms with Gasteiger partial charge in [0.15, 0.2) is 0 Å². The van der Waals surface area contributed by atoms with E-state index < -0.39 is 6.04 Å². The number of anilines is 6. The molecule has 0 amide bonds. The second-order valence-electron chi connectivity index (χ2n) is 29.0. The molecule has 4 heterocycles. The van der Waals surface area contributed by atoms with Crippen LogP contribution < -0.4 is 26.2 Å². The summed E-state index contributed by atoms with van der Waals surface area (Å²) < 4.78 is 50.2. The Bertz CT molecular complexity index is 5820. The molecule has 0 bridgehead atoms. The molecule has 0 aliphatic carbocycles. The molecule has 15 aromatic rings. The highest BCUT2D eigenvalue weighted by Gasteiger charge is 2.45. The van der Waals surface area contributed by atoms with Crippen molar-refractivity contribution >= 4 is 111 Å². The first-order valence-electron chi connectivity index (χ1n) is 35.7. The molecule has 0 atom stereocenters. The lowest BCUT2D eigenvalue weighted by molar-refractivity contribution is 0.569. The lowest BCUT2D eigenvalue weighted by atomic mass is 9.33. The first-order chi connectivity index (χ1) is 48.1. The predicted octanol–water partition coefficient (Wildman–Crippen LogP) is 23.5. The molecule has 13 aromatic carbocycles. The second-order valence-corrected chi connectivity index (χ2v) is 30.0. The molecule has 3 nitrogen and oxygen atoms in total. The Balaban J connectivity index is 0.964. The van der Waals surface area contributed by atoms with E-state index in [9.17, 15) is 2.74 Å². The van der Waals surface area contributed by atoms with Gasteiger partial charge in [-0.05, 0) is 172 Å². The maximum absolute atomic E-state index is 9.43. The minimum atomic E-state index is -0.420. The Kier molecular flexibility index (Phi) is 12.3. The van der Waals surface area contributed by atoms with Crippen LogP contribution in [0, 0.1) is 0 Å². The van der Waals surface area contributed by atoms with E-state index in [4.69, 9.17) is 4.11 Å². The molecule has 2 aromatic heterocycles. The van der Waals surface area contributed by atoms with Gasteiger partial charge < -0.3 is 14.4 Å². The number of hydrogen-bond acceptors (Lipinski definition) is 3. The first-order valence-corrected chi connectivity index (χ1v) is 34.0. The standard InChI is InChI=1S/C90H74BN3S/c1-88(2,3)65-48-64(49-66(54-65)89(4,5)6)62-41-45-76-82(53-62)94(80-39-25-37-72-71-36-24-35-69(86(71)95-87(72)80)63-43-47-79-74(51-63)70-34-22-23-38-77(70)92(79)68-32-20-13-21-33-68)84-56-67(90(7,8)9)55-83-85(84)91(76)75-44-40-61(58-28-16-11-17-29-58)52-81(75)93(83)78-46-42-60(57-26-14-10-15-27-57)50-73(78)59-30-18-12-19-31-59/h10-56H,1-9H3/i11D,16D,17D,28D,29D. The van der Waals surface area contributed by atoms with E-state index in [1.807, 2.05) is 17.4 Å². The zero-order chi connectivity index (χ0) is 69.0. The molecule has 17 rings (SSSR count). The average Bonchev–Trinajstić information content (AvgIpc) is 0.704. The SMILES string of the molecule is [2H]c1c([2H])c([2H])c(-c2ccc3c(c2)N(c2ccc(-c4ccccc4)cc2-c2ccccc2)c2cc(C(C)(C)C)cc4c2B3c2ccc(-c3cc(C(C)(C)C)cc(C(C)(C)C)c3)cc2N4c2cccc3c2sc2c(-c4ccc5c(c4)c4ccccc4n5-c4ccccc4)cccc23)c([2H])c1[2H]. The van der Waals surface area contributed by atoms with Crippen LogP contribution in [-0.2, 0) is 16.2 Å². The van der Waals surface area contributed by atoms with Gasteiger partial charge in [0, 0.05) is 60.2 Å². The van der Waals surface area contributed by atoms with Crippen molar-refractivity contribution in [3.63, 3.8) is 0 Å². The molecule has 2 aliphatic heterocycles. The van der Waals surface area contributed by atoms with Gasteiger partial charge in [0.25, 0.3) is 6.71 Å². The van der Waals surface area contributed by atoms with Gasteiger partial charge in [-0.3, -0.25) is 0 Å². The molecule has 0 fully saturated rings. The van der Waals surface area contributed by atoms with Crippen LogP contribution in [0.5, 0.6) is 0 Å². The van der Waals surface area contributed by atoms with Crippen molar-refractivity contribution in [2.45, 2.75) is 78.6 Å². The topological polar surface area (TPSA) is 11.4 Å². The number of aromatic nitrogens is 1. The summed E-state index contributed by atoms with van der Waals surface area (Å²) in [6.07, 6.45) is 0. The number of benzene rings is 13. The summed E-state index contributed by atoms with van der Waals surface area (Å²) in [7, 11) is 0. The third kappa shape index (κ3) is 9.76. The molecule has 0 saturated carbocycles. The lowest BCUT2D eigenvalue weighted by Gasteiger charge is -2.45. The fourth-order valence-corrected chi connectivity index (χ4v) is 16.3. The van der Waals surface area contributed by atoms with E-state index in [-0.39, 0.29) is 52.7 Å². The fraction of sp³-hybridized carbons (Fsp3) is 0.133. The van der Waals surface area contributed by atoms with Crippen LogP contribution in [0.15, 0.2) is 285 Å². The molecule has 95 heavy (non-hydrogen) atoms. The number of hydrogen-bond donors (Lipinski definition) is 0. The van der Waals surface area contributed by atoms with E-state index in [1.165, 1.54) is 58.7 Å². The molecule has 0 radical (unpaired) electrons. The summed E-state index contributed by atoms with van der Waals surface area (Å²) in [6, 6.07) is 92.0. The Morgan fingerprint density at radius 2 is 0.832 bits per heavy atom. The number of rotatable bonds is 8. The molecular formula is C90H74BN3S. The van der Waals surface area contributed by atoms with Crippen molar-refractivity contribution in [1.29, 1.82) is 0 Å². The number of fused-ring (bicyclic) bond motifs is 10. The molecule has 458 valence electrons. The summed E-state index contributed by atoms with van der Waals surface area (Å²) in [6.45, 7) is 20.4. The van der Waals surface area contributed by atoms with Crippen molar-refractivity contribution in [3.8, 4) is 61.3 Å². The highest BCUT2D eigenvalue weighted by molar-refractivity contribution is 7.27. The second kappa shape index (κ2) is 22.1.